The molecule has 0 saturated heterocycles. The van der Waals surface area contributed by atoms with E-state index in [4.69, 9.17) is 0 Å². The smallest absolute Gasteiger partial charge is 0.123 e. The molecular formula is C36H22F4. The number of halogens is 4. The first kappa shape index (κ1) is 24.3. The Morgan fingerprint density at radius 2 is 0.600 bits per heavy atom. The van der Waals surface area contributed by atoms with Crippen LogP contribution in [0.15, 0.2) is 133 Å². The quantitative estimate of drug-likeness (QED) is 0.200. The van der Waals surface area contributed by atoms with Crippen molar-refractivity contribution >= 4 is 10.8 Å². The van der Waals surface area contributed by atoms with Gasteiger partial charge in [-0.25, -0.2) is 17.6 Å². The van der Waals surface area contributed by atoms with E-state index in [-0.39, 0.29) is 23.3 Å². The first-order valence-electron chi connectivity index (χ1n) is 13.0. The van der Waals surface area contributed by atoms with E-state index in [1.54, 1.807) is 48.5 Å². The van der Waals surface area contributed by atoms with Crippen LogP contribution < -0.4 is 0 Å². The van der Waals surface area contributed by atoms with E-state index in [0.29, 0.717) is 0 Å². The summed E-state index contributed by atoms with van der Waals surface area (Å²) < 4.78 is 57.8. The molecule has 6 aromatic rings. The lowest BCUT2D eigenvalue weighted by atomic mass is 9.50. The molecule has 0 spiro atoms. The molecule has 1 aliphatic carbocycles. The van der Waals surface area contributed by atoms with Crippen LogP contribution in [0.3, 0.4) is 0 Å². The fourth-order valence-electron chi connectivity index (χ4n) is 6.99. The molecule has 0 nitrogen and oxygen atoms in total. The number of hydrogen-bond donors (Lipinski definition) is 0. The molecule has 1 aliphatic rings. The summed E-state index contributed by atoms with van der Waals surface area (Å²) >= 11 is 0. The van der Waals surface area contributed by atoms with Crippen LogP contribution in [-0.2, 0) is 10.8 Å². The van der Waals surface area contributed by atoms with Gasteiger partial charge in [0.05, 0.1) is 10.8 Å². The zero-order chi connectivity index (χ0) is 27.5. The summed E-state index contributed by atoms with van der Waals surface area (Å²) in [5.41, 5.74) is 2.77. The first-order chi connectivity index (χ1) is 19.5. The average Bonchev–Trinajstić information content (AvgIpc) is 3.24. The van der Waals surface area contributed by atoms with Crippen molar-refractivity contribution in [3.63, 3.8) is 0 Å². The molecule has 6 aromatic carbocycles. The van der Waals surface area contributed by atoms with Gasteiger partial charge in [-0.1, -0.05) is 84.9 Å². The molecule has 0 N–H and O–H groups in total. The molecule has 0 amide bonds. The Morgan fingerprint density at radius 3 is 0.875 bits per heavy atom. The standard InChI is InChI=1S/C36H22F4/c37-28-15-7-24(8-16-28)35(25-9-17-29(38)18-10-25)32-5-1-3-23-4-2-6-33(34(23)32)36(35,26-11-19-30(39)20-12-26)27-13-21-31(40)22-14-27/h1-22H. The molecule has 0 fully saturated rings. The summed E-state index contributed by atoms with van der Waals surface area (Å²) in [5, 5.41) is 1.99. The van der Waals surface area contributed by atoms with Crippen LogP contribution in [0.5, 0.6) is 0 Å². The van der Waals surface area contributed by atoms with E-state index in [1.807, 2.05) is 36.4 Å². The summed E-state index contributed by atoms with van der Waals surface area (Å²) in [4.78, 5) is 0. The topological polar surface area (TPSA) is 0 Å². The lowest BCUT2D eigenvalue weighted by Crippen LogP contribution is -2.49. The van der Waals surface area contributed by atoms with Crippen LogP contribution in [0.2, 0.25) is 0 Å². The third-order valence-corrected chi connectivity index (χ3v) is 8.38. The average molecular weight is 531 g/mol. The van der Waals surface area contributed by atoms with Crippen LogP contribution in [0.1, 0.15) is 33.4 Å². The maximum Gasteiger partial charge on any atom is 0.123 e. The zero-order valence-electron chi connectivity index (χ0n) is 21.2. The number of hydrogen-bond acceptors (Lipinski definition) is 0. The predicted molar refractivity (Wildman–Crippen MR) is 149 cm³/mol. The third-order valence-electron chi connectivity index (χ3n) is 8.38. The second-order valence-corrected chi connectivity index (χ2v) is 10.2. The highest BCUT2D eigenvalue weighted by Crippen LogP contribution is 2.66. The molecule has 7 rings (SSSR count). The highest BCUT2D eigenvalue weighted by molar-refractivity contribution is 5.98. The van der Waals surface area contributed by atoms with Crippen LogP contribution in [-0.4, -0.2) is 0 Å². The molecule has 194 valence electrons. The number of rotatable bonds is 4. The molecule has 0 aliphatic heterocycles. The second-order valence-electron chi connectivity index (χ2n) is 10.2. The van der Waals surface area contributed by atoms with Crippen molar-refractivity contribution in [3.8, 4) is 0 Å². The summed E-state index contributed by atoms with van der Waals surface area (Å²) in [6.07, 6.45) is 0. The highest BCUT2D eigenvalue weighted by Gasteiger charge is 2.62. The van der Waals surface area contributed by atoms with Gasteiger partial charge in [0.15, 0.2) is 0 Å². The largest absolute Gasteiger partial charge is 0.207 e. The molecule has 4 heteroatoms. The zero-order valence-corrected chi connectivity index (χ0v) is 21.2. The van der Waals surface area contributed by atoms with Crippen LogP contribution in [0, 0.1) is 23.3 Å². The predicted octanol–water partition coefficient (Wildman–Crippen LogP) is 9.08. The van der Waals surface area contributed by atoms with Gasteiger partial charge in [0.2, 0.25) is 0 Å². The van der Waals surface area contributed by atoms with Gasteiger partial charge in [-0.15, -0.1) is 0 Å². The van der Waals surface area contributed by atoms with Crippen molar-refractivity contribution in [2.24, 2.45) is 0 Å². The van der Waals surface area contributed by atoms with Crippen molar-refractivity contribution in [1.82, 2.24) is 0 Å². The number of benzene rings is 6. The van der Waals surface area contributed by atoms with Crippen LogP contribution in [0.25, 0.3) is 10.8 Å². The Balaban J connectivity index is 1.78. The lowest BCUT2D eigenvalue weighted by Gasteiger charge is -2.49. The molecule has 0 radical (unpaired) electrons. The maximum atomic E-state index is 14.4. The van der Waals surface area contributed by atoms with Gasteiger partial charge >= 0.3 is 0 Å². The summed E-state index contributed by atoms with van der Waals surface area (Å²) in [7, 11) is 0. The van der Waals surface area contributed by atoms with Crippen molar-refractivity contribution in [1.29, 1.82) is 0 Å². The molecule has 0 saturated carbocycles. The van der Waals surface area contributed by atoms with E-state index in [9.17, 15) is 17.6 Å². The molecule has 0 aromatic heterocycles. The lowest BCUT2D eigenvalue weighted by molar-refractivity contribution is 0.439. The van der Waals surface area contributed by atoms with Gasteiger partial charge in [-0.3, -0.25) is 0 Å². The normalized spacial score (nSPS) is 14.9. The Kier molecular flexibility index (Phi) is 5.43. The second kappa shape index (κ2) is 8.92. The molecule has 0 atom stereocenters. The van der Waals surface area contributed by atoms with E-state index in [1.165, 1.54) is 48.5 Å². The fraction of sp³-hybridized carbons (Fsp3) is 0.0556. The third kappa shape index (κ3) is 3.19. The summed E-state index contributed by atoms with van der Waals surface area (Å²) in [5.74, 6) is -1.55. The summed E-state index contributed by atoms with van der Waals surface area (Å²) in [6, 6.07) is 37.5. The first-order valence-corrected chi connectivity index (χ1v) is 13.0. The molecule has 0 unspecified atom stereocenters. The minimum absolute atomic E-state index is 0.388. The van der Waals surface area contributed by atoms with E-state index < -0.39 is 10.8 Å². The van der Waals surface area contributed by atoms with E-state index in [2.05, 4.69) is 0 Å². The van der Waals surface area contributed by atoms with E-state index >= 15 is 0 Å². The molecule has 0 heterocycles. The van der Waals surface area contributed by atoms with Crippen molar-refractivity contribution in [3.05, 3.63) is 190 Å². The fourth-order valence-corrected chi connectivity index (χ4v) is 6.99. The van der Waals surface area contributed by atoms with Crippen molar-refractivity contribution < 1.29 is 17.6 Å². The van der Waals surface area contributed by atoms with Gasteiger partial charge in [-0.2, -0.15) is 0 Å². The Hall–Kier alpha value is -4.70. The van der Waals surface area contributed by atoms with Gasteiger partial charge in [-0.05, 0) is 92.7 Å². The molecule has 0 bridgehead atoms. The molecule has 40 heavy (non-hydrogen) atoms. The molecular weight excluding hydrogens is 508 g/mol. The highest BCUT2D eigenvalue weighted by atomic mass is 19.1. The van der Waals surface area contributed by atoms with Crippen LogP contribution in [0.4, 0.5) is 17.6 Å². The van der Waals surface area contributed by atoms with Gasteiger partial charge in [0, 0.05) is 0 Å². The van der Waals surface area contributed by atoms with Gasteiger partial charge in [0.1, 0.15) is 23.3 Å². The van der Waals surface area contributed by atoms with Crippen molar-refractivity contribution in [2.45, 2.75) is 10.8 Å². The van der Waals surface area contributed by atoms with Gasteiger partial charge < -0.3 is 0 Å². The monoisotopic (exact) mass is 530 g/mol. The van der Waals surface area contributed by atoms with E-state index in [0.717, 1.165) is 44.2 Å². The minimum atomic E-state index is -1.08. The Bertz CT molecular complexity index is 1630. The Labute approximate surface area is 229 Å². The SMILES string of the molecule is Fc1ccc(C2(c3ccc(F)cc3)c3cccc4cccc(c34)C2(c2ccc(F)cc2)c2ccc(F)cc2)cc1. The Morgan fingerprint density at radius 1 is 0.325 bits per heavy atom. The van der Waals surface area contributed by atoms with Crippen LogP contribution >= 0.6 is 0 Å². The van der Waals surface area contributed by atoms with Crippen molar-refractivity contribution in [2.75, 3.05) is 0 Å². The maximum absolute atomic E-state index is 14.4. The minimum Gasteiger partial charge on any atom is -0.207 e. The summed E-state index contributed by atoms with van der Waals surface area (Å²) in [6.45, 7) is 0. The van der Waals surface area contributed by atoms with Gasteiger partial charge in [0.25, 0.3) is 0 Å².